The highest BCUT2D eigenvalue weighted by atomic mass is 32.5. The molecule has 0 amide bonds. The van der Waals surface area contributed by atoms with Gasteiger partial charge in [0.2, 0.25) is 0 Å². The first-order valence-corrected chi connectivity index (χ1v) is 13.0. The maximum Gasteiger partial charge on any atom is 0.460 e. The van der Waals surface area contributed by atoms with E-state index in [0.717, 1.165) is 0 Å². The van der Waals surface area contributed by atoms with Crippen LogP contribution < -0.4 is 0 Å². The predicted octanol–water partition coefficient (Wildman–Crippen LogP) is 11.9. The Morgan fingerprint density at radius 2 is 0.744 bits per heavy atom. The van der Waals surface area contributed by atoms with Crippen molar-refractivity contribution in [1.82, 2.24) is 0 Å². The summed E-state index contributed by atoms with van der Waals surface area (Å²) in [7, 11) is -20.9. The second-order valence-corrected chi connectivity index (χ2v) is 12.6. The van der Waals surface area contributed by atoms with Gasteiger partial charge in [-0.3, -0.25) is 0 Å². The molecule has 2 aromatic carbocycles. The maximum atomic E-state index is 14.2. The van der Waals surface area contributed by atoms with E-state index in [-0.39, 0.29) is 24.3 Å². The molecular weight excluding hydrogens is 641 g/mol. The standard InChI is InChI=1S/C18H9F19S2/c19-15(20,16(21,22)17(23,24)18(25,26)27)9-14(10-1-5-12(6-2-10)38(28,29,30,31)32)11-3-7-13(8-4-11)39(33,34,35,36)37/h1-9H. The first-order chi connectivity index (χ1) is 16.5. The largest absolute Gasteiger partial charge is 0.460 e. The van der Waals surface area contributed by atoms with Crippen molar-refractivity contribution in [3.8, 4) is 0 Å². The Hall–Kier alpha value is -2.45. The van der Waals surface area contributed by atoms with Crippen LogP contribution in [0.3, 0.4) is 0 Å². The van der Waals surface area contributed by atoms with Gasteiger partial charge in [0.25, 0.3) is 0 Å². The van der Waals surface area contributed by atoms with Gasteiger partial charge in [-0.2, -0.15) is 39.5 Å². The van der Waals surface area contributed by atoms with Crippen molar-refractivity contribution in [2.75, 3.05) is 0 Å². The van der Waals surface area contributed by atoms with Gasteiger partial charge in [0.05, 0.1) is 0 Å². The molecular formula is C18H9F19S2. The summed E-state index contributed by atoms with van der Waals surface area (Å²) in [5.41, 5.74) is -4.50. The molecule has 0 nitrogen and oxygen atoms in total. The van der Waals surface area contributed by atoms with Crippen molar-refractivity contribution in [2.24, 2.45) is 0 Å². The molecule has 21 heteroatoms. The zero-order valence-electron chi connectivity index (χ0n) is 17.7. The number of rotatable bonds is 7. The molecule has 0 spiro atoms. The van der Waals surface area contributed by atoms with Crippen molar-refractivity contribution in [2.45, 2.75) is 33.7 Å². The maximum absolute atomic E-state index is 14.2. The molecule has 0 saturated carbocycles. The van der Waals surface area contributed by atoms with Crippen LogP contribution in [0.1, 0.15) is 11.1 Å². The van der Waals surface area contributed by atoms with E-state index in [4.69, 9.17) is 0 Å². The summed E-state index contributed by atoms with van der Waals surface area (Å²) < 4.78 is 249. The van der Waals surface area contributed by atoms with E-state index in [9.17, 15) is 78.4 Å². The van der Waals surface area contributed by atoms with Gasteiger partial charge in [0.1, 0.15) is 9.79 Å². The van der Waals surface area contributed by atoms with Crippen molar-refractivity contribution in [3.05, 3.63) is 65.7 Å². The molecule has 0 aliphatic rings. The van der Waals surface area contributed by atoms with Crippen LogP contribution in [0.5, 0.6) is 0 Å². The van der Waals surface area contributed by atoms with Gasteiger partial charge in [-0.05, 0) is 47.0 Å². The topological polar surface area (TPSA) is 0 Å². The lowest BCUT2D eigenvalue weighted by atomic mass is 9.93. The molecule has 0 N–H and O–H groups in total. The van der Waals surface area contributed by atoms with E-state index in [0.29, 0.717) is 0 Å². The van der Waals surface area contributed by atoms with Crippen LogP contribution in [0.4, 0.5) is 78.4 Å². The van der Waals surface area contributed by atoms with Crippen LogP contribution in [0.25, 0.3) is 5.57 Å². The zero-order valence-corrected chi connectivity index (χ0v) is 19.3. The molecule has 0 fully saturated rings. The third kappa shape index (κ3) is 6.65. The van der Waals surface area contributed by atoms with Crippen molar-refractivity contribution in [3.63, 3.8) is 0 Å². The Kier molecular flexibility index (Phi) is 6.25. The van der Waals surface area contributed by atoms with Gasteiger partial charge in [0, 0.05) is 0 Å². The van der Waals surface area contributed by atoms with Gasteiger partial charge in [-0.25, -0.2) is 0 Å². The molecule has 226 valence electrons. The minimum Gasteiger partial charge on any atom is -0.195 e. The molecule has 2 aromatic rings. The number of alkyl halides is 9. The average molecular weight is 650 g/mol. The van der Waals surface area contributed by atoms with E-state index in [1.165, 1.54) is 0 Å². The molecule has 2 rings (SSSR count). The van der Waals surface area contributed by atoms with E-state index >= 15 is 0 Å². The number of hydrogen-bond donors (Lipinski definition) is 0. The highest BCUT2D eigenvalue weighted by Crippen LogP contribution is 3.02. The molecule has 0 saturated heterocycles. The van der Waals surface area contributed by atoms with Gasteiger partial charge >= 0.3 is 44.4 Å². The van der Waals surface area contributed by atoms with Gasteiger partial charge in [0.15, 0.2) is 0 Å². The highest BCUT2D eigenvalue weighted by Gasteiger charge is 2.81. The molecule has 0 unspecified atom stereocenters. The van der Waals surface area contributed by atoms with Crippen LogP contribution >= 0.6 is 20.4 Å². The Bertz CT molecular complexity index is 1210. The number of benzene rings is 2. The summed E-state index contributed by atoms with van der Waals surface area (Å²) in [6.45, 7) is 0. The highest BCUT2D eigenvalue weighted by molar-refractivity contribution is 8.46. The summed E-state index contributed by atoms with van der Waals surface area (Å²) >= 11 is 0. The minimum absolute atomic E-state index is 0.187. The van der Waals surface area contributed by atoms with E-state index in [1.807, 2.05) is 0 Å². The zero-order chi connectivity index (χ0) is 31.1. The third-order valence-electron chi connectivity index (χ3n) is 4.72. The lowest BCUT2D eigenvalue weighted by Crippen LogP contribution is -2.60. The first kappa shape index (κ1) is 32.8. The Morgan fingerprint density at radius 3 is 0.974 bits per heavy atom. The van der Waals surface area contributed by atoms with Crippen molar-refractivity contribution in [1.29, 1.82) is 0 Å². The predicted molar refractivity (Wildman–Crippen MR) is 104 cm³/mol. The van der Waals surface area contributed by atoms with Gasteiger partial charge < -0.3 is 0 Å². The molecule has 0 aliphatic heterocycles. The summed E-state index contributed by atoms with van der Waals surface area (Å²) in [4.78, 5) is -5.45. The van der Waals surface area contributed by atoms with Crippen LogP contribution in [-0.2, 0) is 0 Å². The minimum atomic E-state index is -10.5. The quantitative estimate of drug-likeness (QED) is 0.262. The van der Waals surface area contributed by atoms with Crippen LogP contribution in [0, 0.1) is 0 Å². The molecule has 0 aromatic heterocycles. The van der Waals surface area contributed by atoms with Crippen LogP contribution in [0.2, 0.25) is 0 Å². The summed E-state index contributed by atoms with van der Waals surface area (Å²) in [6, 6.07) is -2.94. The average Bonchev–Trinajstić information content (AvgIpc) is 2.68. The fourth-order valence-corrected chi connectivity index (χ4v) is 4.08. The Balaban J connectivity index is 2.86. The second kappa shape index (κ2) is 7.43. The molecule has 0 atom stereocenters. The van der Waals surface area contributed by atoms with E-state index < -0.39 is 101 Å². The Labute approximate surface area is 204 Å². The molecule has 0 bridgehead atoms. The molecule has 39 heavy (non-hydrogen) atoms. The monoisotopic (exact) mass is 650 g/mol. The molecule has 0 aliphatic carbocycles. The number of allylic oxidation sites excluding steroid dienone is 1. The SMILES string of the molecule is FC(F)(F)C(F)(F)C(F)(F)C(F)(F)C=C(c1ccc(S(F)(F)(F)(F)F)cc1)c1ccc(S(F)(F)(F)(F)F)cc1. The normalized spacial score (nSPS) is 17.9. The fourth-order valence-electron chi connectivity index (χ4n) is 2.78. The number of halogens is 19. The molecule has 0 radical (unpaired) electrons. The van der Waals surface area contributed by atoms with Gasteiger partial charge in [-0.15, -0.1) is 0 Å². The molecule has 0 heterocycles. The third-order valence-corrected chi connectivity index (χ3v) is 7.04. The van der Waals surface area contributed by atoms with E-state index in [2.05, 4.69) is 0 Å². The van der Waals surface area contributed by atoms with Crippen molar-refractivity contribution >= 4 is 26.0 Å². The van der Waals surface area contributed by atoms with Crippen molar-refractivity contribution < 1.29 is 78.4 Å². The smallest absolute Gasteiger partial charge is 0.195 e. The summed E-state index contributed by atoms with van der Waals surface area (Å²) in [5.74, 6) is -21.4. The van der Waals surface area contributed by atoms with Crippen LogP contribution in [0.15, 0.2) is 64.4 Å². The second-order valence-electron chi connectivity index (χ2n) is 7.81. The summed E-state index contributed by atoms with van der Waals surface area (Å²) in [5, 5.41) is 0. The summed E-state index contributed by atoms with van der Waals surface area (Å²) in [6.07, 6.45) is -8.73. The lowest BCUT2D eigenvalue weighted by Gasteiger charge is -2.40. The van der Waals surface area contributed by atoms with E-state index in [1.54, 1.807) is 0 Å². The fraction of sp³-hybridized carbons (Fsp3) is 0.222. The lowest BCUT2D eigenvalue weighted by molar-refractivity contribution is -0.388. The van der Waals surface area contributed by atoms with Gasteiger partial charge in [-0.1, -0.05) is 63.1 Å². The number of hydrogen-bond acceptors (Lipinski definition) is 0. The van der Waals surface area contributed by atoms with Crippen LogP contribution in [-0.4, -0.2) is 23.9 Å². The first-order valence-electron chi connectivity index (χ1n) is 9.12. The Morgan fingerprint density at radius 1 is 0.462 bits per heavy atom.